The second-order valence-electron chi connectivity index (χ2n) is 1.95. The van der Waals surface area contributed by atoms with Crippen LogP contribution in [0.5, 0.6) is 5.75 Å². The predicted molar refractivity (Wildman–Crippen MR) is 36.3 cm³/mol. The van der Waals surface area contributed by atoms with E-state index in [1.165, 1.54) is 6.20 Å². The van der Waals surface area contributed by atoms with Crippen molar-refractivity contribution in [2.45, 2.75) is 13.5 Å². The van der Waals surface area contributed by atoms with Gasteiger partial charge < -0.3 is 10.8 Å². The van der Waals surface area contributed by atoms with E-state index in [1.54, 1.807) is 6.92 Å². The molecular weight excluding hydrogens is 130 g/mol. The van der Waals surface area contributed by atoms with Crippen LogP contribution in [0.2, 0.25) is 0 Å². The van der Waals surface area contributed by atoms with Crippen LogP contribution in [0.15, 0.2) is 6.20 Å². The van der Waals surface area contributed by atoms with Crippen LogP contribution in [0.25, 0.3) is 0 Å². The van der Waals surface area contributed by atoms with Gasteiger partial charge >= 0.3 is 0 Å². The Labute approximate surface area is 58.7 Å². The SMILES string of the molecule is Cc1ncc(O)c(CN)n1. The third-order valence-electron chi connectivity index (χ3n) is 1.16. The molecular formula is C6H9N3O. The summed E-state index contributed by atoms with van der Waals surface area (Å²) < 4.78 is 0. The molecule has 1 aromatic rings. The van der Waals surface area contributed by atoms with Crippen molar-refractivity contribution in [3.63, 3.8) is 0 Å². The van der Waals surface area contributed by atoms with E-state index >= 15 is 0 Å². The lowest BCUT2D eigenvalue weighted by molar-refractivity contribution is 0.460. The van der Waals surface area contributed by atoms with E-state index < -0.39 is 0 Å². The molecule has 0 aliphatic rings. The average Bonchev–Trinajstić information content (AvgIpc) is 1.94. The Kier molecular flexibility index (Phi) is 1.82. The van der Waals surface area contributed by atoms with Gasteiger partial charge in [-0.25, -0.2) is 9.97 Å². The zero-order valence-corrected chi connectivity index (χ0v) is 5.70. The molecule has 1 heterocycles. The van der Waals surface area contributed by atoms with E-state index in [2.05, 4.69) is 9.97 Å². The number of nitrogens with two attached hydrogens (primary N) is 1. The van der Waals surface area contributed by atoms with Crippen molar-refractivity contribution in [1.29, 1.82) is 0 Å². The Morgan fingerprint density at radius 1 is 1.70 bits per heavy atom. The molecule has 0 amide bonds. The molecule has 0 spiro atoms. The Hall–Kier alpha value is -1.16. The summed E-state index contributed by atoms with van der Waals surface area (Å²) in [5.41, 5.74) is 5.76. The van der Waals surface area contributed by atoms with Crippen LogP contribution in [0.4, 0.5) is 0 Å². The molecule has 0 atom stereocenters. The first-order valence-electron chi connectivity index (χ1n) is 2.95. The normalized spacial score (nSPS) is 9.80. The molecule has 0 aliphatic carbocycles. The summed E-state index contributed by atoms with van der Waals surface area (Å²) in [5.74, 6) is 0.686. The zero-order valence-electron chi connectivity index (χ0n) is 5.70. The van der Waals surface area contributed by atoms with Crippen LogP contribution in [0.1, 0.15) is 11.5 Å². The molecule has 0 fully saturated rings. The average molecular weight is 139 g/mol. The summed E-state index contributed by atoms with van der Waals surface area (Å²) in [7, 11) is 0. The highest BCUT2D eigenvalue weighted by Gasteiger charge is 1.99. The summed E-state index contributed by atoms with van der Waals surface area (Å²) >= 11 is 0. The van der Waals surface area contributed by atoms with Crippen molar-refractivity contribution in [3.8, 4) is 5.75 Å². The summed E-state index contributed by atoms with van der Waals surface area (Å²) in [4.78, 5) is 7.68. The molecule has 10 heavy (non-hydrogen) atoms. The van der Waals surface area contributed by atoms with Crippen molar-refractivity contribution in [1.82, 2.24) is 9.97 Å². The van der Waals surface area contributed by atoms with Crippen LogP contribution in [0, 0.1) is 6.92 Å². The number of hydrogen-bond acceptors (Lipinski definition) is 4. The fourth-order valence-corrected chi connectivity index (χ4v) is 0.661. The quantitative estimate of drug-likeness (QED) is 0.572. The van der Waals surface area contributed by atoms with Crippen LogP contribution in [0.3, 0.4) is 0 Å². The van der Waals surface area contributed by atoms with Gasteiger partial charge in [0.15, 0.2) is 5.75 Å². The van der Waals surface area contributed by atoms with Crippen molar-refractivity contribution in [2.75, 3.05) is 0 Å². The van der Waals surface area contributed by atoms with E-state index in [9.17, 15) is 0 Å². The van der Waals surface area contributed by atoms with E-state index in [0.29, 0.717) is 11.5 Å². The lowest BCUT2D eigenvalue weighted by Gasteiger charge is -1.98. The van der Waals surface area contributed by atoms with Crippen LogP contribution >= 0.6 is 0 Å². The molecule has 0 saturated heterocycles. The zero-order chi connectivity index (χ0) is 7.56. The number of aromatic nitrogens is 2. The second-order valence-corrected chi connectivity index (χ2v) is 1.95. The molecule has 1 aromatic heterocycles. The van der Waals surface area contributed by atoms with Crippen molar-refractivity contribution in [2.24, 2.45) is 5.73 Å². The smallest absolute Gasteiger partial charge is 0.156 e. The second kappa shape index (κ2) is 2.62. The van der Waals surface area contributed by atoms with Crippen LogP contribution in [-0.4, -0.2) is 15.1 Å². The first kappa shape index (κ1) is 6.95. The topological polar surface area (TPSA) is 72.0 Å². The fourth-order valence-electron chi connectivity index (χ4n) is 0.661. The van der Waals surface area contributed by atoms with Gasteiger partial charge in [0.1, 0.15) is 5.82 Å². The maximum Gasteiger partial charge on any atom is 0.156 e. The van der Waals surface area contributed by atoms with Crippen LogP contribution in [-0.2, 0) is 6.54 Å². The summed E-state index contributed by atoms with van der Waals surface area (Å²) in [5, 5.41) is 9.03. The standard InChI is InChI=1S/C6H9N3O/c1-4-8-3-6(10)5(2-7)9-4/h3,10H,2,7H2,1H3. The van der Waals surface area contributed by atoms with Gasteiger partial charge in [-0.05, 0) is 6.92 Å². The number of aryl methyl sites for hydroxylation is 1. The first-order chi connectivity index (χ1) is 4.74. The van der Waals surface area contributed by atoms with Gasteiger partial charge in [-0.3, -0.25) is 0 Å². The Bertz CT molecular complexity index is 236. The summed E-state index contributed by atoms with van der Waals surface area (Å²) in [6, 6.07) is 0. The highest BCUT2D eigenvalue weighted by atomic mass is 16.3. The molecule has 0 aromatic carbocycles. The Balaban J connectivity index is 3.09. The molecule has 54 valence electrons. The molecule has 1 rings (SSSR count). The van der Waals surface area contributed by atoms with Gasteiger partial charge in [-0.1, -0.05) is 0 Å². The Morgan fingerprint density at radius 2 is 2.40 bits per heavy atom. The molecule has 4 heteroatoms. The maximum absolute atomic E-state index is 9.03. The molecule has 3 N–H and O–H groups in total. The minimum absolute atomic E-state index is 0.0631. The lowest BCUT2D eigenvalue weighted by Crippen LogP contribution is -2.01. The van der Waals surface area contributed by atoms with Gasteiger partial charge in [-0.15, -0.1) is 0 Å². The van der Waals surface area contributed by atoms with Gasteiger partial charge in [0.05, 0.1) is 11.9 Å². The molecule has 0 bridgehead atoms. The minimum atomic E-state index is 0.0631. The molecule has 0 aliphatic heterocycles. The summed E-state index contributed by atoms with van der Waals surface area (Å²) in [6.07, 6.45) is 1.35. The van der Waals surface area contributed by atoms with Gasteiger partial charge in [0, 0.05) is 6.54 Å². The van der Waals surface area contributed by atoms with Crippen molar-refractivity contribution in [3.05, 3.63) is 17.7 Å². The molecule has 0 unspecified atom stereocenters. The number of rotatable bonds is 1. The summed E-state index contributed by atoms with van der Waals surface area (Å²) in [6.45, 7) is 1.99. The number of hydrogen-bond donors (Lipinski definition) is 2. The molecule has 0 radical (unpaired) electrons. The van der Waals surface area contributed by atoms with Crippen molar-refractivity contribution < 1.29 is 5.11 Å². The third kappa shape index (κ3) is 1.22. The maximum atomic E-state index is 9.03. The van der Waals surface area contributed by atoms with E-state index in [4.69, 9.17) is 10.8 Å². The number of nitrogens with zero attached hydrogens (tertiary/aromatic N) is 2. The van der Waals surface area contributed by atoms with Crippen molar-refractivity contribution >= 4 is 0 Å². The minimum Gasteiger partial charge on any atom is -0.504 e. The van der Waals surface area contributed by atoms with E-state index in [1.807, 2.05) is 0 Å². The van der Waals surface area contributed by atoms with E-state index in [0.717, 1.165) is 0 Å². The predicted octanol–water partition coefficient (Wildman–Crippen LogP) is -0.0507. The molecule has 4 nitrogen and oxygen atoms in total. The van der Waals surface area contributed by atoms with Gasteiger partial charge in [0.25, 0.3) is 0 Å². The first-order valence-corrected chi connectivity index (χ1v) is 2.95. The van der Waals surface area contributed by atoms with E-state index in [-0.39, 0.29) is 12.3 Å². The van der Waals surface area contributed by atoms with Crippen LogP contribution < -0.4 is 5.73 Å². The highest BCUT2D eigenvalue weighted by molar-refractivity contribution is 5.22. The Morgan fingerprint density at radius 3 is 2.90 bits per heavy atom. The highest BCUT2D eigenvalue weighted by Crippen LogP contribution is 2.10. The monoisotopic (exact) mass is 139 g/mol. The largest absolute Gasteiger partial charge is 0.504 e. The molecule has 0 saturated carbocycles. The van der Waals surface area contributed by atoms with Gasteiger partial charge in [0.2, 0.25) is 0 Å². The number of aromatic hydroxyl groups is 1. The lowest BCUT2D eigenvalue weighted by atomic mass is 10.4. The third-order valence-corrected chi connectivity index (χ3v) is 1.16. The van der Waals surface area contributed by atoms with Gasteiger partial charge in [-0.2, -0.15) is 0 Å². The fraction of sp³-hybridized carbons (Fsp3) is 0.333.